The van der Waals surface area contributed by atoms with E-state index in [1.165, 1.54) is 12.1 Å². The number of rotatable bonds is 4. The number of nitro benzene ring substituents is 1. The maximum absolute atomic E-state index is 13.4. The number of hydrogen-bond acceptors (Lipinski definition) is 6. The van der Waals surface area contributed by atoms with Crippen molar-refractivity contribution in [3.05, 3.63) is 74.1 Å². The minimum Gasteiger partial charge on any atom is -0.310 e. The van der Waals surface area contributed by atoms with Gasteiger partial charge in [0.25, 0.3) is 5.69 Å². The number of nitrogens with zero attached hydrogens (tertiary/aromatic N) is 3. The number of carbonyl (C=O) groups is 2. The molecule has 1 aromatic carbocycles. The zero-order valence-electron chi connectivity index (χ0n) is 17.6. The van der Waals surface area contributed by atoms with Crippen LogP contribution in [-0.2, 0) is 9.59 Å². The molecule has 0 saturated carbocycles. The van der Waals surface area contributed by atoms with Gasteiger partial charge >= 0.3 is 0 Å². The zero-order valence-corrected chi connectivity index (χ0v) is 18.3. The lowest BCUT2D eigenvalue weighted by Crippen LogP contribution is -2.39. The first kappa shape index (κ1) is 21.8. The van der Waals surface area contributed by atoms with Crippen LogP contribution in [0.15, 0.2) is 52.7 Å². The predicted octanol–water partition coefficient (Wildman–Crippen LogP) is 4.77. The Hall–Kier alpha value is -3.39. The van der Waals surface area contributed by atoms with Crippen molar-refractivity contribution in [1.82, 2.24) is 4.98 Å². The van der Waals surface area contributed by atoms with Gasteiger partial charge in [0.1, 0.15) is 10.8 Å². The molecule has 2 aromatic rings. The Morgan fingerprint density at radius 3 is 2.72 bits per heavy atom. The van der Waals surface area contributed by atoms with Gasteiger partial charge in [-0.1, -0.05) is 23.7 Å². The van der Waals surface area contributed by atoms with E-state index < -0.39 is 16.8 Å². The summed E-state index contributed by atoms with van der Waals surface area (Å²) in [4.78, 5) is 46.2. The van der Waals surface area contributed by atoms with Gasteiger partial charge in [0, 0.05) is 41.1 Å². The van der Waals surface area contributed by atoms with Crippen molar-refractivity contribution in [3.8, 4) is 0 Å². The van der Waals surface area contributed by atoms with E-state index >= 15 is 0 Å². The highest BCUT2D eigenvalue weighted by Gasteiger charge is 2.43. The van der Waals surface area contributed by atoms with E-state index in [2.05, 4.69) is 15.3 Å². The zero-order chi connectivity index (χ0) is 23.0. The SMILES string of the molecule is CC1=NC2=C(C(=O)CCC2)[C@H](c2ccc(Cl)c([N+](=O)[O-])c2)C1C(=O)Nc1cccc(C)n1. The van der Waals surface area contributed by atoms with E-state index in [0.717, 1.165) is 5.69 Å². The van der Waals surface area contributed by atoms with E-state index in [0.29, 0.717) is 47.6 Å². The number of amides is 1. The van der Waals surface area contributed by atoms with Crippen LogP contribution in [0.2, 0.25) is 5.02 Å². The number of pyridine rings is 1. The lowest BCUT2D eigenvalue weighted by Gasteiger charge is -2.34. The normalized spacial score (nSPS) is 20.5. The van der Waals surface area contributed by atoms with Gasteiger partial charge in [0.15, 0.2) is 5.78 Å². The summed E-state index contributed by atoms with van der Waals surface area (Å²) >= 11 is 6.01. The first-order chi connectivity index (χ1) is 15.3. The third-order valence-electron chi connectivity index (χ3n) is 5.78. The number of hydrogen-bond donors (Lipinski definition) is 1. The van der Waals surface area contributed by atoms with Crippen molar-refractivity contribution in [2.24, 2.45) is 10.9 Å². The summed E-state index contributed by atoms with van der Waals surface area (Å²) < 4.78 is 0. The molecule has 164 valence electrons. The lowest BCUT2D eigenvalue weighted by atomic mass is 9.71. The Morgan fingerprint density at radius 1 is 1.22 bits per heavy atom. The van der Waals surface area contributed by atoms with Crippen LogP contribution in [0.1, 0.15) is 43.4 Å². The second kappa shape index (κ2) is 8.63. The Balaban J connectivity index is 1.82. The Kier molecular flexibility index (Phi) is 5.88. The Labute approximate surface area is 189 Å². The highest BCUT2D eigenvalue weighted by Crippen LogP contribution is 2.44. The number of allylic oxidation sites excluding steroid dienone is 2. The van der Waals surface area contributed by atoms with Crippen LogP contribution < -0.4 is 5.32 Å². The number of nitrogens with one attached hydrogen (secondary N) is 1. The molecule has 8 nitrogen and oxygen atoms in total. The largest absolute Gasteiger partial charge is 0.310 e. The lowest BCUT2D eigenvalue weighted by molar-refractivity contribution is -0.384. The van der Waals surface area contributed by atoms with E-state index in [1.807, 2.05) is 13.0 Å². The van der Waals surface area contributed by atoms with Crippen molar-refractivity contribution < 1.29 is 14.5 Å². The molecule has 0 saturated heterocycles. The monoisotopic (exact) mass is 452 g/mol. The number of aryl methyl sites for hydroxylation is 1. The van der Waals surface area contributed by atoms with Gasteiger partial charge in [-0.15, -0.1) is 0 Å². The average Bonchev–Trinajstić information content (AvgIpc) is 2.73. The number of nitro groups is 1. The summed E-state index contributed by atoms with van der Waals surface area (Å²) in [5.74, 6) is -1.60. The quantitative estimate of drug-likeness (QED) is 0.530. The van der Waals surface area contributed by atoms with Crippen molar-refractivity contribution in [2.45, 2.75) is 39.0 Å². The predicted molar refractivity (Wildman–Crippen MR) is 121 cm³/mol. The molecule has 1 aromatic heterocycles. The molecule has 1 unspecified atom stereocenters. The average molecular weight is 453 g/mol. The van der Waals surface area contributed by atoms with E-state index in [-0.39, 0.29) is 22.4 Å². The summed E-state index contributed by atoms with van der Waals surface area (Å²) in [6.07, 6.45) is 1.66. The van der Waals surface area contributed by atoms with Gasteiger partial charge in [-0.3, -0.25) is 24.7 Å². The molecule has 2 atom stereocenters. The summed E-state index contributed by atoms with van der Waals surface area (Å²) in [7, 11) is 0. The first-order valence-corrected chi connectivity index (χ1v) is 10.6. The second-order valence-electron chi connectivity index (χ2n) is 7.97. The summed E-state index contributed by atoms with van der Waals surface area (Å²) in [6.45, 7) is 3.56. The highest BCUT2D eigenvalue weighted by atomic mass is 35.5. The number of anilines is 1. The molecule has 0 fully saturated rings. The summed E-state index contributed by atoms with van der Waals surface area (Å²) in [5, 5.41) is 14.3. The third-order valence-corrected chi connectivity index (χ3v) is 6.10. The molecule has 4 rings (SSSR count). The van der Waals surface area contributed by atoms with Gasteiger partial charge in [0.05, 0.1) is 10.8 Å². The standard InChI is InChI=1S/C23H21ClN4O4/c1-12-5-3-8-19(25-12)27-23(30)20-13(2)26-16-6-4-7-18(29)22(16)21(20)14-9-10-15(24)17(11-14)28(31)32/h3,5,8-11,20-21H,4,6-7H2,1-2H3,(H,25,27,30)/t20?,21-/m1/s1. The second-order valence-corrected chi connectivity index (χ2v) is 8.37. The molecule has 1 amide bonds. The molecule has 1 N–H and O–H groups in total. The van der Waals surface area contributed by atoms with Crippen molar-refractivity contribution >= 4 is 40.5 Å². The number of aliphatic imine (C=N–C) groups is 1. The number of ketones is 1. The molecule has 0 bridgehead atoms. The van der Waals surface area contributed by atoms with Crippen LogP contribution in [0, 0.1) is 23.0 Å². The van der Waals surface area contributed by atoms with Crippen LogP contribution in [0.25, 0.3) is 0 Å². The fourth-order valence-corrected chi connectivity index (χ4v) is 4.57. The molecule has 9 heteroatoms. The fourth-order valence-electron chi connectivity index (χ4n) is 4.39. The minimum absolute atomic E-state index is 0.00548. The molecule has 2 heterocycles. The molecular formula is C23H21ClN4O4. The number of carbonyl (C=O) groups excluding carboxylic acids is 2. The van der Waals surface area contributed by atoms with E-state index in [4.69, 9.17) is 11.6 Å². The fraction of sp³-hybridized carbons (Fsp3) is 0.304. The molecular weight excluding hydrogens is 432 g/mol. The van der Waals surface area contributed by atoms with Gasteiger partial charge in [0.2, 0.25) is 5.91 Å². The van der Waals surface area contributed by atoms with Crippen LogP contribution in [0.4, 0.5) is 11.5 Å². The maximum Gasteiger partial charge on any atom is 0.288 e. The van der Waals surface area contributed by atoms with Crippen molar-refractivity contribution in [3.63, 3.8) is 0 Å². The third kappa shape index (κ3) is 4.05. The molecule has 1 aliphatic heterocycles. The van der Waals surface area contributed by atoms with Crippen molar-refractivity contribution in [1.29, 1.82) is 0 Å². The van der Waals surface area contributed by atoms with E-state index in [9.17, 15) is 19.7 Å². The van der Waals surface area contributed by atoms with Crippen LogP contribution >= 0.6 is 11.6 Å². The smallest absolute Gasteiger partial charge is 0.288 e. The minimum atomic E-state index is -0.820. The number of Topliss-reactive ketones (excluding diaryl/α,β-unsaturated/α-hetero) is 1. The molecule has 0 spiro atoms. The van der Waals surface area contributed by atoms with Crippen LogP contribution in [-0.4, -0.2) is 27.3 Å². The maximum atomic E-state index is 13.4. The molecule has 0 radical (unpaired) electrons. The number of aromatic nitrogens is 1. The molecule has 32 heavy (non-hydrogen) atoms. The Morgan fingerprint density at radius 2 is 2.00 bits per heavy atom. The summed E-state index contributed by atoms with van der Waals surface area (Å²) in [6, 6.07) is 9.70. The molecule has 1 aliphatic carbocycles. The van der Waals surface area contributed by atoms with Gasteiger partial charge in [-0.05, 0) is 50.5 Å². The van der Waals surface area contributed by atoms with Gasteiger partial charge in [-0.25, -0.2) is 4.98 Å². The van der Waals surface area contributed by atoms with Crippen molar-refractivity contribution in [2.75, 3.05) is 5.32 Å². The van der Waals surface area contributed by atoms with E-state index in [1.54, 1.807) is 25.1 Å². The molecule has 2 aliphatic rings. The number of halogens is 1. The summed E-state index contributed by atoms with van der Waals surface area (Å²) in [5.41, 5.74) is 2.61. The highest BCUT2D eigenvalue weighted by molar-refractivity contribution is 6.32. The van der Waals surface area contributed by atoms with Gasteiger partial charge < -0.3 is 5.32 Å². The topological polar surface area (TPSA) is 115 Å². The van der Waals surface area contributed by atoms with Crippen LogP contribution in [0.3, 0.4) is 0 Å². The number of benzene rings is 1. The first-order valence-electron chi connectivity index (χ1n) is 10.3. The Bertz CT molecular complexity index is 1200. The van der Waals surface area contributed by atoms with Gasteiger partial charge in [-0.2, -0.15) is 0 Å². The van der Waals surface area contributed by atoms with Crippen LogP contribution in [0.5, 0.6) is 0 Å².